The molecule has 0 saturated heterocycles. The summed E-state index contributed by atoms with van der Waals surface area (Å²) in [4.78, 5) is 29.2. The van der Waals surface area contributed by atoms with Crippen molar-refractivity contribution in [2.75, 3.05) is 31.5 Å². The Hall–Kier alpha value is -3.76. The van der Waals surface area contributed by atoms with E-state index in [4.69, 9.17) is 0 Å². The van der Waals surface area contributed by atoms with Gasteiger partial charge in [0.1, 0.15) is 18.4 Å². The Balaban J connectivity index is 2.11. The maximum Gasteiger partial charge on any atom is 0.304 e. The fraction of sp³-hybridized carbons (Fsp3) is 0.355. The number of carbonyl (C=O) groups excluding carboxylic acids is 2. The van der Waals surface area contributed by atoms with Gasteiger partial charge in [-0.1, -0.05) is 61.5 Å². The molecule has 0 aliphatic heterocycles. The predicted molar refractivity (Wildman–Crippen MR) is 160 cm³/mol. The van der Waals surface area contributed by atoms with E-state index in [-0.39, 0.29) is 18.9 Å². The Morgan fingerprint density at radius 3 is 2.20 bits per heavy atom. The Kier molecular flexibility index (Phi) is 11.0. The maximum absolute atomic E-state index is 14.2. The SMILES string of the molecule is CCCNC(=O)C(Cc1ccccc1)N(Cc1ccc(F)cc1)C(=O)CN(c1cc(C)ccc1C)S(=O)(=O)N(C)C. The third kappa shape index (κ3) is 8.37. The highest BCUT2D eigenvalue weighted by Crippen LogP contribution is 2.26. The highest BCUT2D eigenvalue weighted by molar-refractivity contribution is 7.90. The van der Waals surface area contributed by atoms with Crippen molar-refractivity contribution in [2.45, 2.75) is 46.2 Å². The normalized spacial score (nSPS) is 12.2. The number of rotatable bonds is 13. The van der Waals surface area contributed by atoms with E-state index in [0.29, 0.717) is 29.8 Å². The molecule has 3 rings (SSSR count). The number of nitrogens with one attached hydrogen (secondary N) is 1. The van der Waals surface area contributed by atoms with Crippen LogP contribution in [0, 0.1) is 19.7 Å². The molecule has 0 heterocycles. The summed E-state index contributed by atoms with van der Waals surface area (Å²) in [6.45, 7) is 5.44. The zero-order valence-corrected chi connectivity index (χ0v) is 25.1. The third-order valence-corrected chi connectivity index (χ3v) is 8.54. The van der Waals surface area contributed by atoms with E-state index < -0.39 is 34.5 Å². The van der Waals surface area contributed by atoms with Gasteiger partial charge in [0.05, 0.1) is 5.69 Å². The average Bonchev–Trinajstić information content (AvgIpc) is 2.95. The molecule has 3 aromatic rings. The molecule has 2 amide bonds. The Labute approximate surface area is 243 Å². The van der Waals surface area contributed by atoms with Crippen LogP contribution in [0.5, 0.6) is 0 Å². The second kappa shape index (κ2) is 14.2. The molecule has 0 bridgehead atoms. The number of carbonyl (C=O) groups is 2. The Bertz CT molecular complexity index is 1430. The van der Waals surface area contributed by atoms with Crippen LogP contribution in [-0.4, -0.2) is 62.7 Å². The van der Waals surface area contributed by atoms with Gasteiger partial charge in [-0.05, 0) is 60.7 Å². The minimum atomic E-state index is -4.09. The molecule has 0 radical (unpaired) electrons. The van der Waals surface area contributed by atoms with E-state index in [1.165, 1.54) is 31.1 Å². The van der Waals surface area contributed by atoms with E-state index in [2.05, 4.69) is 5.32 Å². The summed E-state index contributed by atoms with van der Waals surface area (Å²) >= 11 is 0. The van der Waals surface area contributed by atoms with Gasteiger partial charge in [-0.2, -0.15) is 12.7 Å². The number of anilines is 1. The first-order chi connectivity index (χ1) is 19.4. The van der Waals surface area contributed by atoms with Crippen LogP contribution >= 0.6 is 0 Å². The molecule has 1 unspecified atom stereocenters. The van der Waals surface area contributed by atoms with Gasteiger partial charge in [-0.15, -0.1) is 0 Å². The van der Waals surface area contributed by atoms with Gasteiger partial charge in [0.15, 0.2) is 0 Å². The number of aryl methyl sites for hydroxylation is 2. The molecule has 0 aromatic heterocycles. The van der Waals surface area contributed by atoms with Gasteiger partial charge in [0.2, 0.25) is 11.8 Å². The van der Waals surface area contributed by atoms with E-state index in [9.17, 15) is 22.4 Å². The standard InChI is InChI=1S/C31H39FN4O4S/c1-6-18-33-31(38)29(20-25-10-8-7-9-11-25)35(21-26-14-16-27(32)17-15-26)30(37)22-36(41(39,40)34(4)5)28-19-23(2)12-13-24(28)3/h7-17,19,29H,6,18,20-22H2,1-5H3,(H,33,38). The molecule has 0 saturated carbocycles. The second-order valence-corrected chi connectivity index (χ2v) is 12.3. The Morgan fingerprint density at radius 2 is 1.59 bits per heavy atom. The third-order valence-electron chi connectivity index (χ3n) is 6.74. The molecule has 8 nitrogen and oxygen atoms in total. The molecule has 220 valence electrons. The van der Waals surface area contributed by atoms with Crippen molar-refractivity contribution in [3.05, 3.63) is 101 Å². The highest BCUT2D eigenvalue weighted by atomic mass is 32.2. The zero-order valence-electron chi connectivity index (χ0n) is 24.3. The van der Waals surface area contributed by atoms with E-state index in [1.54, 1.807) is 31.2 Å². The summed E-state index contributed by atoms with van der Waals surface area (Å²) in [5.74, 6) is -1.33. The first-order valence-electron chi connectivity index (χ1n) is 13.6. The number of hydrogen-bond acceptors (Lipinski definition) is 4. The minimum absolute atomic E-state index is 0.0151. The van der Waals surface area contributed by atoms with Crippen molar-refractivity contribution in [1.82, 2.24) is 14.5 Å². The highest BCUT2D eigenvalue weighted by Gasteiger charge is 2.35. The van der Waals surface area contributed by atoms with Crippen molar-refractivity contribution in [2.24, 2.45) is 0 Å². The Morgan fingerprint density at radius 1 is 0.927 bits per heavy atom. The topological polar surface area (TPSA) is 90.0 Å². The van der Waals surface area contributed by atoms with Gasteiger partial charge in [-0.25, -0.2) is 8.70 Å². The zero-order chi connectivity index (χ0) is 30.2. The summed E-state index contributed by atoms with van der Waals surface area (Å²) in [5, 5.41) is 2.90. The average molecular weight is 583 g/mol. The van der Waals surface area contributed by atoms with Gasteiger partial charge in [0.25, 0.3) is 0 Å². The first kappa shape index (κ1) is 31.8. The maximum atomic E-state index is 14.2. The molecule has 1 N–H and O–H groups in total. The second-order valence-electron chi connectivity index (χ2n) is 10.2. The molecule has 10 heteroatoms. The minimum Gasteiger partial charge on any atom is -0.354 e. The fourth-order valence-corrected chi connectivity index (χ4v) is 5.51. The van der Waals surface area contributed by atoms with Crippen molar-refractivity contribution in [1.29, 1.82) is 0 Å². The first-order valence-corrected chi connectivity index (χ1v) is 15.0. The monoisotopic (exact) mass is 582 g/mol. The van der Waals surface area contributed by atoms with Crippen LogP contribution in [0.25, 0.3) is 0 Å². The van der Waals surface area contributed by atoms with Crippen LogP contribution in [0.15, 0.2) is 72.8 Å². The summed E-state index contributed by atoms with van der Waals surface area (Å²) in [5.41, 5.74) is 3.34. The fourth-order valence-electron chi connectivity index (χ4n) is 4.40. The van der Waals surface area contributed by atoms with E-state index in [1.807, 2.05) is 50.2 Å². The molecule has 3 aromatic carbocycles. The van der Waals surface area contributed by atoms with Crippen LogP contribution in [0.3, 0.4) is 0 Å². The smallest absolute Gasteiger partial charge is 0.304 e. The number of halogens is 1. The number of nitrogens with zero attached hydrogens (tertiary/aromatic N) is 3. The largest absolute Gasteiger partial charge is 0.354 e. The van der Waals surface area contributed by atoms with Gasteiger partial charge < -0.3 is 10.2 Å². The molecular weight excluding hydrogens is 543 g/mol. The molecule has 0 aliphatic carbocycles. The van der Waals surface area contributed by atoms with Crippen LogP contribution in [-0.2, 0) is 32.8 Å². The number of benzene rings is 3. The quantitative estimate of drug-likeness (QED) is 0.327. The summed E-state index contributed by atoms with van der Waals surface area (Å²) < 4.78 is 42.9. The van der Waals surface area contributed by atoms with E-state index >= 15 is 0 Å². The summed E-state index contributed by atoms with van der Waals surface area (Å²) in [7, 11) is -1.27. The van der Waals surface area contributed by atoms with Crippen LogP contribution < -0.4 is 9.62 Å². The van der Waals surface area contributed by atoms with Crippen molar-refractivity contribution in [3.63, 3.8) is 0 Å². The van der Waals surface area contributed by atoms with Gasteiger partial charge in [-0.3, -0.25) is 9.59 Å². The van der Waals surface area contributed by atoms with Crippen molar-refractivity contribution < 1.29 is 22.4 Å². The van der Waals surface area contributed by atoms with E-state index in [0.717, 1.165) is 19.7 Å². The molecule has 0 fully saturated rings. The molecule has 0 spiro atoms. The van der Waals surface area contributed by atoms with Crippen LogP contribution in [0.1, 0.15) is 35.6 Å². The predicted octanol–water partition coefficient (Wildman–Crippen LogP) is 4.22. The summed E-state index contributed by atoms with van der Waals surface area (Å²) in [6, 6.07) is 19.5. The number of amides is 2. The van der Waals surface area contributed by atoms with Crippen molar-refractivity contribution in [3.8, 4) is 0 Å². The molecule has 1 atom stereocenters. The number of hydrogen-bond donors (Lipinski definition) is 1. The molecule has 0 aliphatic rings. The summed E-state index contributed by atoms with van der Waals surface area (Å²) in [6.07, 6.45) is 0.921. The lowest BCUT2D eigenvalue weighted by Gasteiger charge is -2.35. The lowest BCUT2D eigenvalue weighted by atomic mass is 10.0. The molecule has 41 heavy (non-hydrogen) atoms. The van der Waals surface area contributed by atoms with Gasteiger partial charge in [0, 0.05) is 33.6 Å². The lowest BCUT2D eigenvalue weighted by Crippen LogP contribution is -2.54. The lowest BCUT2D eigenvalue weighted by molar-refractivity contribution is -0.140. The van der Waals surface area contributed by atoms with Crippen LogP contribution in [0.2, 0.25) is 0 Å². The molecular formula is C31H39FN4O4S. The van der Waals surface area contributed by atoms with Gasteiger partial charge >= 0.3 is 10.2 Å². The van der Waals surface area contributed by atoms with Crippen molar-refractivity contribution >= 4 is 27.7 Å². The van der Waals surface area contributed by atoms with Crippen LogP contribution in [0.4, 0.5) is 10.1 Å².